The van der Waals surface area contributed by atoms with Gasteiger partial charge >= 0.3 is 5.97 Å². The fourth-order valence-electron chi connectivity index (χ4n) is 4.58. The highest BCUT2D eigenvalue weighted by atomic mass is 16.6. The SMILES string of the molecule is CC[C@@]1(O)C(=O)OCc2c1cc1n(c2=O)Cc2cc3cccc(CCC(C)=O)c3nc2-1. The zero-order valence-corrected chi connectivity index (χ0v) is 17.4. The number of carbonyl (C=O) groups is 2. The van der Waals surface area contributed by atoms with Crippen LogP contribution in [0.4, 0.5) is 0 Å². The van der Waals surface area contributed by atoms with Crippen LogP contribution in [0.2, 0.25) is 0 Å². The van der Waals surface area contributed by atoms with Crippen LogP contribution in [0.1, 0.15) is 48.9 Å². The number of hydrogen-bond acceptors (Lipinski definition) is 6. The van der Waals surface area contributed by atoms with Crippen LogP contribution in [0, 0.1) is 0 Å². The summed E-state index contributed by atoms with van der Waals surface area (Å²) in [4.78, 5) is 41.9. The molecule has 0 saturated heterocycles. The number of aromatic nitrogens is 2. The third kappa shape index (κ3) is 2.84. The Labute approximate surface area is 178 Å². The zero-order chi connectivity index (χ0) is 21.9. The summed E-state index contributed by atoms with van der Waals surface area (Å²) in [6.45, 7) is 3.48. The second-order valence-electron chi connectivity index (χ2n) is 8.29. The largest absolute Gasteiger partial charge is 0.458 e. The Balaban J connectivity index is 1.72. The molecule has 0 fully saturated rings. The van der Waals surface area contributed by atoms with Gasteiger partial charge in [-0.25, -0.2) is 9.78 Å². The van der Waals surface area contributed by atoms with Gasteiger partial charge in [0.15, 0.2) is 5.60 Å². The second-order valence-corrected chi connectivity index (χ2v) is 8.29. The van der Waals surface area contributed by atoms with Gasteiger partial charge in [-0.15, -0.1) is 0 Å². The molecule has 7 heteroatoms. The molecule has 31 heavy (non-hydrogen) atoms. The van der Waals surface area contributed by atoms with Gasteiger partial charge in [-0.1, -0.05) is 25.1 Å². The predicted molar refractivity (Wildman–Crippen MR) is 114 cm³/mol. The minimum absolute atomic E-state index is 0.106. The van der Waals surface area contributed by atoms with E-state index in [0.29, 0.717) is 41.9 Å². The quantitative estimate of drug-likeness (QED) is 0.512. The van der Waals surface area contributed by atoms with Crippen LogP contribution in [0.3, 0.4) is 0 Å². The number of ketones is 1. The Morgan fingerprint density at radius 1 is 1.29 bits per heavy atom. The summed E-state index contributed by atoms with van der Waals surface area (Å²) in [5, 5.41) is 11.9. The predicted octanol–water partition coefficient (Wildman–Crippen LogP) is 2.60. The number of cyclic esters (lactones) is 1. The van der Waals surface area contributed by atoms with Gasteiger partial charge in [0, 0.05) is 22.9 Å². The number of fused-ring (bicyclic) bond motifs is 5. The number of rotatable bonds is 4. The maximum atomic E-state index is 13.2. The summed E-state index contributed by atoms with van der Waals surface area (Å²) in [7, 11) is 0. The molecule has 0 radical (unpaired) electrons. The number of para-hydroxylation sites is 1. The van der Waals surface area contributed by atoms with Crippen LogP contribution in [0.25, 0.3) is 22.3 Å². The Bertz CT molecular complexity index is 1340. The number of aryl methyl sites for hydroxylation is 1. The Morgan fingerprint density at radius 3 is 2.84 bits per heavy atom. The zero-order valence-electron chi connectivity index (χ0n) is 17.4. The number of hydrogen-bond donors (Lipinski definition) is 1. The van der Waals surface area contributed by atoms with Crippen molar-refractivity contribution in [2.75, 3.05) is 0 Å². The number of aliphatic hydroxyl groups is 1. The lowest BCUT2D eigenvalue weighted by atomic mass is 9.86. The van der Waals surface area contributed by atoms with Crippen molar-refractivity contribution in [3.05, 3.63) is 62.9 Å². The maximum absolute atomic E-state index is 13.2. The first kappa shape index (κ1) is 19.6. The van der Waals surface area contributed by atoms with Crippen molar-refractivity contribution in [3.63, 3.8) is 0 Å². The van der Waals surface area contributed by atoms with Crippen LogP contribution in [0.15, 0.2) is 35.1 Å². The Morgan fingerprint density at radius 2 is 2.10 bits per heavy atom. The Hall–Kier alpha value is -3.32. The summed E-state index contributed by atoms with van der Waals surface area (Å²) in [6.07, 6.45) is 1.14. The fourth-order valence-corrected chi connectivity index (χ4v) is 4.58. The average Bonchev–Trinajstić information content (AvgIpc) is 3.11. The molecule has 2 aliphatic heterocycles. The first-order chi connectivity index (χ1) is 14.8. The minimum atomic E-state index is -1.84. The van der Waals surface area contributed by atoms with E-state index < -0.39 is 11.6 Å². The minimum Gasteiger partial charge on any atom is -0.458 e. The molecule has 2 aromatic heterocycles. The topological polar surface area (TPSA) is 98.5 Å². The van der Waals surface area contributed by atoms with Crippen molar-refractivity contribution >= 4 is 22.7 Å². The van der Waals surface area contributed by atoms with Crippen LogP contribution < -0.4 is 5.56 Å². The number of pyridine rings is 2. The highest BCUT2D eigenvalue weighted by Gasteiger charge is 2.45. The molecular formula is C24H22N2O5. The molecule has 0 spiro atoms. The lowest BCUT2D eigenvalue weighted by Gasteiger charge is -2.31. The van der Waals surface area contributed by atoms with E-state index >= 15 is 0 Å². The van der Waals surface area contributed by atoms with Gasteiger partial charge in [-0.3, -0.25) is 4.79 Å². The van der Waals surface area contributed by atoms with Crippen molar-refractivity contribution in [2.45, 2.75) is 51.9 Å². The van der Waals surface area contributed by atoms with Crippen LogP contribution in [-0.4, -0.2) is 26.4 Å². The van der Waals surface area contributed by atoms with Gasteiger partial charge < -0.3 is 19.2 Å². The molecule has 0 saturated carbocycles. The van der Waals surface area contributed by atoms with E-state index in [-0.39, 0.29) is 24.4 Å². The van der Waals surface area contributed by atoms with Gasteiger partial charge in [0.1, 0.15) is 12.4 Å². The van der Waals surface area contributed by atoms with E-state index in [1.54, 1.807) is 24.5 Å². The molecule has 0 amide bonds. The number of benzene rings is 1. The summed E-state index contributed by atoms with van der Waals surface area (Å²) in [5.74, 6) is -0.615. The van der Waals surface area contributed by atoms with E-state index in [2.05, 4.69) is 0 Å². The average molecular weight is 418 g/mol. The summed E-state index contributed by atoms with van der Waals surface area (Å²) < 4.78 is 6.73. The van der Waals surface area contributed by atoms with Crippen molar-refractivity contribution < 1.29 is 19.4 Å². The molecule has 1 N–H and O–H groups in total. The third-order valence-electron chi connectivity index (χ3n) is 6.37. The lowest BCUT2D eigenvalue weighted by molar-refractivity contribution is -0.172. The number of Topliss-reactive ketones (excluding diaryl/α,β-unsaturated/α-hetero) is 1. The highest BCUT2D eigenvalue weighted by molar-refractivity contribution is 5.88. The fraction of sp³-hybridized carbons (Fsp3) is 0.333. The van der Waals surface area contributed by atoms with Crippen LogP contribution in [0.5, 0.6) is 0 Å². The summed E-state index contributed by atoms with van der Waals surface area (Å²) >= 11 is 0. The molecule has 7 nitrogen and oxygen atoms in total. The number of carbonyl (C=O) groups excluding carboxylic acids is 2. The number of ether oxygens (including phenoxy) is 1. The van der Waals surface area contributed by atoms with Gasteiger partial charge in [0.25, 0.3) is 5.56 Å². The van der Waals surface area contributed by atoms with E-state index in [0.717, 1.165) is 22.0 Å². The highest BCUT2D eigenvalue weighted by Crippen LogP contribution is 2.38. The summed E-state index contributed by atoms with van der Waals surface area (Å²) in [6, 6.07) is 9.62. The van der Waals surface area contributed by atoms with E-state index in [1.807, 2.05) is 24.3 Å². The van der Waals surface area contributed by atoms with Gasteiger partial charge in [-0.05, 0) is 37.5 Å². The number of nitrogens with zero attached hydrogens (tertiary/aromatic N) is 2. The summed E-state index contributed by atoms with van der Waals surface area (Å²) in [5.41, 5.74) is 2.44. The number of esters is 1. The molecule has 3 aromatic rings. The van der Waals surface area contributed by atoms with Crippen LogP contribution in [-0.2, 0) is 39.5 Å². The first-order valence-corrected chi connectivity index (χ1v) is 10.4. The van der Waals surface area contributed by atoms with Gasteiger partial charge in [-0.2, -0.15) is 0 Å². The monoisotopic (exact) mass is 418 g/mol. The van der Waals surface area contributed by atoms with E-state index in [4.69, 9.17) is 9.72 Å². The molecule has 0 unspecified atom stereocenters. The maximum Gasteiger partial charge on any atom is 0.343 e. The molecule has 2 aliphatic rings. The van der Waals surface area contributed by atoms with E-state index in [1.165, 1.54) is 0 Å². The first-order valence-electron chi connectivity index (χ1n) is 10.4. The third-order valence-corrected chi connectivity index (χ3v) is 6.37. The Kier molecular flexibility index (Phi) is 4.34. The molecule has 0 bridgehead atoms. The smallest absolute Gasteiger partial charge is 0.343 e. The molecule has 5 rings (SSSR count). The van der Waals surface area contributed by atoms with E-state index in [9.17, 15) is 19.5 Å². The molecular weight excluding hydrogens is 396 g/mol. The van der Waals surface area contributed by atoms with Crippen molar-refractivity contribution in [3.8, 4) is 11.4 Å². The van der Waals surface area contributed by atoms with Gasteiger partial charge in [0.05, 0.1) is 29.0 Å². The van der Waals surface area contributed by atoms with Crippen molar-refractivity contribution in [1.82, 2.24) is 9.55 Å². The van der Waals surface area contributed by atoms with Gasteiger partial charge in [0.2, 0.25) is 0 Å². The standard InChI is InChI=1S/C24H22N2O5/c1-3-24(30)18-10-19-21-16(11-26(19)22(28)17(18)12-31-23(24)29)9-15-6-4-5-14(20(15)25-21)8-7-13(2)27/h4-6,9-10,30H,3,7-8,11-12H2,1-2H3/t24-/m0/s1. The second kappa shape index (κ2) is 6.85. The van der Waals surface area contributed by atoms with Crippen LogP contribution >= 0.6 is 0 Å². The van der Waals surface area contributed by atoms with Crippen molar-refractivity contribution in [2.24, 2.45) is 0 Å². The lowest BCUT2D eigenvalue weighted by Crippen LogP contribution is -2.44. The molecule has 158 valence electrons. The molecule has 4 heterocycles. The van der Waals surface area contributed by atoms with Crippen molar-refractivity contribution in [1.29, 1.82) is 0 Å². The molecule has 1 atom stereocenters. The molecule has 1 aromatic carbocycles. The normalized spacial score (nSPS) is 19.0. The molecule has 0 aliphatic carbocycles.